The second-order valence-corrected chi connectivity index (χ2v) is 17.8. The lowest BCUT2D eigenvalue weighted by Gasteiger charge is -2.38. The summed E-state index contributed by atoms with van der Waals surface area (Å²) in [6.45, 7) is 7.11. The maximum absolute atomic E-state index is 13.1. The van der Waals surface area contributed by atoms with Crippen LogP contribution < -0.4 is 25.6 Å². The maximum atomic E-state index is 13.1. The zero-order valence-electron chi connectivity index (χ0n) is 34.9. The molecule has 4 aliphatic rings. The van der Waals surface area contributed by atoms with Crippen LogP contribution in [0.2, 0.25) is 5.02 Å². The van der Waals surface area contributed by atoms with Crippen molar-refractivity contribution in [3.8, 4) is 22.9 Å². The molecule has 0 spiro atoms. The van der Waals surface area contributed by atoms with Crippen molar-refractivity contribution in [1.82, 2.24) is 30.2 Å². The van der Waals surface area contributed by atoms with E-state index in [9.17, 15) is 9.59 Å². The summed E-state index contributed by atoms with van der Waals surface area (Å²) < 4.78 is 8.00. The van der Waals surface area contributed by atoms with Crippen LogP contribution in [0.5, 0.6) is 5.75 Å². The Balaban J connectivity index is 0.745. The Morgan fingerprint density at radius 3 is 2.49 bits per heavy atom. The molecule has 61 heavy (non-hydrogen) atoms. The molecule has 5 aromatic rings. The predicted octanol–water partition coefficient (Wildman–Crippen LogP) is 7.91. The molecule has 14 heteroatoms. The first-order valence-corrected chi connectivity index (χ1v) is 22.2. The fourth-order valence-electron chi connectivity index (χ4n) is 9.70. The molecule has 0 radical (unpaired) electrons. The molecule has 3 N–H and O–H groups in total. The molecule has 0 bridgehead atoms. The number of carbonyl (C=O) groups excluding carboxylic acids is 2. The van der Waals surface area contributed by atoms with Crippen LogP contribution in [0.25, 0.3) is 22.0 Å². The van der Waals surface area contributed by atoms with E-state index in [0.29, 0.717) is 40.3 Å². The third kappa shape index (κ3) is 9.16. The Hall–Kier alpha value is -5.71. The van der Waals surface area contributed by atoms with Gasteiger partial charge in [0.2, 0.25) is 5.91 Å². The third-order valence-corrected chi connectivity index (χ3v) is 13.5. The number of aromatic nitrogens is 4. The van der Waals surface area contributed by atoms with Gasteiger partial charge in [-0.3, -0.25) is 14.3 Å². The standard InChI is InChI=1S/C47H53ClN10O3/c1-29-21-45(59)53-42-24-34(23-39(46(42)51-29)32-4-11-43-35(22-32)27-50-56(43)2)31-15-17-57(18-16-31)28-30-13-19-58(20-14-30)44-12-10-41(54-55-44)47(60)52-36-5-8-37(9-6-36)61-38-7-3-33(26-49)40(48)25-38/h3-4,7,10-12,22-25,27,29-31,36-37,51H,5-6,8-9,13-21,28H2,1-2H3,(H,52,60)(H,53,59)/t29-,36?,37?/m1/s1. The fraction of sp³-hybridized carbons (Fsp3) is 0.447. The molecule has 13 nitrogen and oxygen atoms in total. The molecule has 3 aliphatic heterocycles. The molecule has 1 saturated carbocycles. The molecule has 1 atom stereocenters. The van der Waals surface area contributed by atoms with Gasteiger partial charge >= 0.3 is 0 Å². The number of anilines is 3. The molecule has 2 saturated heterocycles. The first kappa shape index (κ1) is 40.7. The number of fused-ring (bicyclic) bond motifs is 2. The summed E-state index contributed by atoms with van der Waals surface area (Å²) in [7, 11) is 1.96. The molecule has 0 unspecified atom stereocenters. The lowest BCUT2D eigenvalue weighted by molar-refractivity contribution is -0.116. The molecule has 316 valence electrons. The average molecular weight is 841 g/mol. The smallest absolute Gasteiger partial charge is 0.272 e. The van der Waals surface area contributed by atoms with E-state index in [1.165, 1.54) is 5.56 Å². The first-order valence-electron chi connectivity index (χ1n) is 21.8. The molecular formula is C47H53ClN10O3. The number of rotatable bonds is 9. The maximum Gasteiger partial charge on any atom is 0.272 e. The van der Waals surface area contributed by atoms with E-state index in [4.69, 9.17) is 21.6 Å². The number of carbonyl (C=O) groups is 2. The summed E-state index contributed by atoms with van der Waals surface area (Å²) in [6.07, 6.45) is 9.95. The number of aryl methyl sites for hydroxylation is 1. The number of ether oxygens (including phenoxy) is 1. The Kier molecular flexibility index (Phi) is 11.8. The van der Waals surface area contributed by atoms with Gasteiger partial charge in [0.05, 0.1) is 39.8 Å². The Labute approximate surface area is 361 Å². The molecule has 9 rings (SSSR count). The summed E-state index contributed by atoms with van der Waals surface area (Å²) in [5.41, 5.74) is 7.25. The molecule has 2 aromatic heterocycles. The Morgan fingerprint density at radius 2 is 1.75 bits per heavy atom. The minimum Gasteiger partial charge on any atom is -0.490 e. The number of hydrogen-bond acceptors (Lipinski definition) is 10. The Morgan fingerprint density at radius 1 is 0.951 bits per heavy atom. The van der Waals surface area contributed by atoms with E-state index in [0.717, 1.165) is 123 Å². The van der Waals surface area contributed by atoms with Gasteiger partial charge in [0, 0.05) is 62.2 Å². The van der Waals surface area contributed by atoms with Gasteiger partial charge in [0.15, 0.2) is 11.5 Å². The largest absolute Gasteiger partial charge is 0.490 e. The normalized spacial score (nSPS) is 21.5. The van der Waals surface area contributed by atoms with E-state index in [2.05, 4.69) is 84.4 Å². The highest BCUT2D eigenvalue weighted by atomic mass is 35.5. The highest BCUT2D eigenvalue weighted by molar-refractivity contribution is 6.31. The van der Waals surface area contributed by atoms with Gasteiger partial charge in [0.25, 0.3) is 5.91 Å². The zero-order chi connectivity index (χ0) is 42.0. The van der Waals surface area contributed by atoms with E-state index in [1.54, 1.807) is 24.3 Å². The third-order valence-electron chi connectivity index (χ3n) is 13.1. The van der Waals surface area contributed by atoms with Crippen molar-refractivity contribution < 1.29 is 14.3 Å². The van der Waals surface area contributed by atoms with E-state index < -0.39 is 0 Å². The van der Waals surface area contributed by atoms with Gasteiger partial charge in [-0.15, -0.1) is 10.2 Å². The van der Waals surface area contributed by atoms with Crippen LogP contribution in [0.4, 0.5) is 17.2 Å². The quantitative estimate of drug-likeness (QED) is 0.134. The highest BCUT2D eigenvalue weighted by Gasteiger charge is 2.29. The topological polar surface area (TPSA) is 153 Å². The molecule has 3 fully saturated rings. The number of nitrogens with one attached hydrogen (secondary N) is 3. The summed E-state index contributed by atoms with van der Waals surface area (Å²) in [4.78, 5) is 30.9. The number of amides is 2. The van der Waals surface area contributed by atoms with Crippen LogP contribution in [0.1, 0.15) is 92.2 Å². The highest BCUT2D eigenvalue weighted by Crippen LogP contribution is 2.42. The van der Waals surface area contributed by atoms with Crippen molar-refractivity contribution in [2.24, 2.45) is 13.0 Å². The number of nitrogens with zero attached hydrogens (tertiary/aromatic N) is 7. The second kappa shape index (κ2) is 17.7. The van der Waals surface area contributed by atoms with Gasteiger partial charge in [-0.05, 0) is 143 Å². The van der Waals surface area contributed by atoms with Gasteiger partial charge in [0.1, 0.15) is 11.8 Å². The van der Waals surface area contributed by atoms with Crippen molar-refractivity contribution in [2.45, 2.75) is 88.8 Å². The van der Waals surface area contributed by atoms with Gasteiger partial charge in [-0.1, -0.05) is 17.7 Å². The van der Waals surface area contributed by atoms with Crippen molar-refractivity contribution in [3.05, 3.63) is 88.7 Å². The molecular weight excluding hydrogens is 788 g/mol. The number of benzene rings is 3. The van der Waals surface area contributed by atoms with Crippen LogP contribution in [0.3, 0.4) is 0 Å². The lowest BCUT2D eigenvalue weighted by Crippen LogP contribution is -2.41. The first-order chi connectivity index (χ1) is 29.6. The second-order valence-electron chi connectivity index (χ2n) is 17.4. The summed E-state index contributed by atoms with van der Waals surface area (Å²) in [5.74, 6) is 2.36. The van der Waals surface area contributed by atoms with Crippen molar-refractivity contribution in [1.29, 1.82) is 5.26 Å². The monoisotopic (exact) mass is 840 g/mol. The van der Waals surface area contributed by atoms with Crippen molar-refractivity contribution >= 4 is 51.5 Å². The van der Waals surface area contributed by atoms with E-state index >= 15 is 0 Å². The average Bonchev–Trinajstić information content (AvgIpc) is 3.57. The SMILES string of the molecule is C[C@@H]1CC(=O)Nc2cc(C3CCN(CC4CCN(c5ccc(C(=O)NC6CCC(Oc7ccc(C#N)c(Cl)c7)CC6)nn5)CC4)CC3)cc(-c3ccc4c(cnn4C)c3)c2N1. The minimum absolute atomic E-state index is 0.0312. The van der Waals surface area contributed by atoms with Crippen LogP contribution in [0, 0.1) is 17.2 Å². The van der Waals surface area contributed by atoms with Crippen LogP contribution in [0.15, 0.2) is 66.9 Å². The molecule has 2 amide bonds. The summed E-state index contributed by atoms with van der Waals surface area (Å²) in [5, 5.41) is 33.9. The minimum atomic E-state index is -0.201. The van der Waals surface area contributed by atoms with Crippen molar-refractivity contribution in [2.75, 3.05) is 48.3 Å². The van der Waals surface area contributed by atoms with Gasteiger partial charge < -0.3 is 30.5 Å². The zero-order valence-corrected chi connectivity index (χ0v) is 35.6. The Bertz CT molecular complexity index is 2440. The van der Waals surface area contributed by atoms with Crippen LogP contribution in [-0.4, -0.2) is 87.6 Å². The van der Waals surface area contributed by atoms with E-state index in [1.807, 2.05) is 24.0 Å². The fourth-order valence-corrected chi connectivity index (χ4v) is 9.91. The number of piperidine rings is 2. The number of halogens is 1. The van der Waals surface area contributed by atoms with Crippen molar-refractivity contribution in [3.63, 3.8) is 0 Å². The number of hydrogen-bond donors (Lipinski definition) is 3. The van der Waals surface area contributed by atoms with Gasteiger partial charge in [-0.2, -0.15) is 10.4 Å². The molecule has 5 heterocycles. The summed E-state index contributed by atoms with van der Waals surface area (Å²) in [6, 6.07) is 22.1. The summed E-state index contributed by atoms with van der Waals surface area (Å²) >= 11 is 6.17. The van der Waals surface area contributed by atoms with Gasteiger partial charge in [-0.25, -0.2) is 0 Å². The molecule has 1 aliphatic carbocycles. The van der Waals surface area contributed by atoms with Crippen LogP contribution >= 0.6 is 11.6 Å². The van der Waals surface area contributed by atoms with Crippen LogP contribution in [-0.2, 0) is 11.8 Å². The van der Waals surface area contributed by atoms with E-state index in [-0.39, 0.29) is 30.0 Å². The number of nitriles is 1. The predicted molar refractivity (Wildman–Crippen MR) is 238 cm³/mol. The number of likely N-dealkylation sites (tertiary alicyclic amines) is 1. The lowest BCUT2D eigenvalue weighted by atomic mass is 9.86. The molecule has 3 aromatic carbocycles.